The van der Waals surface area contributed by atoms with Crippen LogP contribution in [0.3, 0.4) is 0 Å². The zero-order chi connectivity index (χ0) is 7.68. The van der Waals surface area contributed by atoms with Gasteiger partial charge in [-0.3, -0.25) is 0 Å². The topological polar surface area (TPSA) is 17.1 Å². The second-order valence-corrected chi connectivity index (χ2v) is 5.04. The summed E-state index contributed by atoms with van der Waals surface area (Å²) in [4.78, 5) is 10.4. The summed E-state index contributed by atoms with van der Waals surface area (Å²) in [5.41, 5.74) is 0.780. The minimum absolute atomic E-state index is 0.0558. The molecule has 11 heavy (non-hydrogen) atoms. The van der Waals surface area contributed by atoms with Crippen LogP contribution in [0.5, 0.6) is 0 Å². The Hall–Kier alpha value is -0.580. The summed E-state index contributed by atoms with van der Waals surface area (Å²) < 4.78 is 3.69. The molecule has 1 aromatic heterocycles. The van der Waals surface area contributed by atoms with E-state index >= 15 is 0 Å². The Morgan fingerprint density at radius 3 is 3.00 bits per heavy atom. The summed E-state index contributed by atoms with van der Waals surface area (Å²) in [7, 11) is 0. The molecule has 2 rings (SSSR count). The number of rotatable bonds is 1. The van der Waals surface area contributed by atoms with Gasteiger partial charge in [0, 0.05) is 0 Å². The molecule has 0 aliphatic rings. The summed E-state index contributed by atoms with van der Waals surface area (Å²) in [6.45, 7) is 0. The molecule has 2 heteroatoms. The van der Waals surface area contributed by atoms with Crippen molar-refractivity contribution in [3.8, 4) is 0 Å². The molecule has 1 heterocycles. The van der Waals surface area contributed by atoms with Crippen LogP contribution < -0.4 is 0 Å². The first-order chi connectivity index (χ1) is 5.40. The summed E-state index contributed by atoms with van der Waals surface area (Å²) in [5.74, 6) is 0. The van der Waals surface area contributed by atoms with Crippen LogP contribution >= 0.6 is 0 Å². The molecule has 0 saturated heterocycles. The molecule has 0 aliphatic heterocycles. The SMILES string of the molecule is O=Cc1ccc2[te]ccc2c1. The number of aldehydes is 1. The molecule has 1 aromatic carbocycles. The molecular formula is C9H6OTe. The van der Waals surface area contributed by atoms with Gasteiger partial charge in [0.2, 0.25) is 0 Å². The van der Waals surface area contributed by atoms with Gasteiger partial charge >= 0.3 is 74.2 Å². The van der Waals surface area contributed by atoms with Crippen LogP contribution in [0.2, 0.25) is 0 Å². The van der Waals surface area contributed by atoms with Gasteiger partial charge < -0.3 is 0 Å². The van der Waals surface area contributed by atoms with E-state index in [0.717, 1.165) is 11.8 Å². The molecule has 0 unspecified atom stereocenters. The summed E-state index contributed by atoms with van der Waals surface area (Å²) >= 11 is -0.0558. The Balaban J connectivity index is 2.76. The van der Waals surface area contributed by atoms with Crippen molar-refractivity contribution in [3.63, 3.8) is 0 Å². The molecule has 0 N–H and O–H groups in total. The van der Waals surface area contributed by atoms with Crippen LogP contribution in [0.25, 0.3) is 8.79 Å². The van der Waals surface area contributed by atoms with E-state index in [0.29, 0.717) is 0 Å². The molecule has 0 spiro atoms. The fourth-order valence-electron chi connectivity index (χ4n) is 1.06. The molecule has 0 saturated carbocycles. The quantitative estimate of drug-likeness (QED) is 0.562. The van der Waals surface area contributed by atoms with Gasteiger partial charge in [-0.2, -0.15) is 0 Å². The van der Waals surface area contributed by atoms with E-state index in [1.807, 2.05) is 12.1 Å². The molecule has 0 amide bonds. The zero-order valence-electron chi connectivity index (χ0n) is 5.78. The van der Waals surface area contributed by atoms with Gasteiger partial charge in [0.25, 0.3) is 0 Å². The number of benzene rings is 1. The van der Waals surface area contributed by atoms with Crippen LogP contribution in [0, 0.1) is 0 Å². The Labute approximate surface area is 74.3 Å². The molecule has 0 radical (unpaired) electrons. The molecule has 54 valence electrons. The van der Waals surface area contributed by atoms with E-state index in [-0.39, 0.29) is 20.4 Å². The van der Waals surface area contributed by atoms with Crippen molar-refractivity contribution in [2.45, 2.75) is 0 Å². The van der Waals surface area contributed by atoms with Gasteiger partial charge in [-0.1, -0.05) is 0 Å². The van der Waals surface area contributed by atoms with Gasteiger partial charge in [-0.15, -0.1) is 0 Å². The average molecular weight is 258 g/mol. The van der Waals surface area contributed by atoms with Crippen LogP contribution in [-0.2, 0) is 0 Å². The van der Waals surface area contributed by atoms with Gasteiger partial charge in [0.05, 0.1) is 0 Å². The van der Waals surface area contributed by atoms with Crippen molar-refractivity contribution < 1.29 is 4.79 Å². The Morgan fingerprint density at radius 2 is 2.18 bits per heavy atom. The van der Waals surface area contributed by atoms with Crippen LogP contribution in [-0.4, -0.2) is 26.7 Å². The number of hydrogen-bond acceptors (Lipinski definition) is 1. The third kappa shape index (κ3) is 1.24. The summed E-state index contributed by atoms with van der Waals surface area (Å²) in [6, 6.07) is 8.03. The first kappa shape index (κ1) is 7.09. The van der Waals surface area contributed by atoms with E-state index in [9.17, 15) is 4.79 Å². The predicted molar refractivity (Wildman–Crippen MR) is 46.3 cm³/mol. The van der Waals surface area contributed by atoms with E-state index in [1.54, 1.807) is 0 Å². The zero-order valence-corrected chi connectivity index (χ0v) is 8.11. The Kier molecular flexibility index (Phi) is 1.81. The van der Waals surface area contributed by atoms with Crippen molar-refractivity contribution in [2.24, 2.45) is 0 Å². The third-order valence-corrected chi connectivity index (χ3v) is 4.18. The van der Waals surface area contributed by atoms with Gasteiger partial charge in [0.15, 0.2) is 0 Å². The van der Waals surface area contributed by atoms with Gasteiger partial charge in [-0.25, -0.2) is 0 Å². The van der Waals surface area contributed by atoms with Crippen molar-refractivity contribution >= 4 is 35.5 Å². The van der Waals surface area contributed by atoms with E-state index in [2.05, 4.69) is 16.2 Å². The second-order valence-electron chi connectivity index (χ2n) is 2.34. The molecular weight excluding hydrogens is 252 g/mol. The Morgan fingerprint density at radius 1 is 1.27 bits per heavy atom. The molecule has 0 aliphatic carbocycles. The number of carbonyl (C=O) groups is 1. The molecule has 0 bridgehead atoms. The van der Waals surface area contributed by atoms with E-state index < -0.39 is 0 Å². The number of fused-ring (bicyclic) bond motifs is 1. The minimum atomic E-state index is -0.0558. The third-order valence-electron chi connectivity index (χ3n) is 1.61. The van der Waals surface area contributed by atoms with Gasteiger partial charge in [-0.05, 0) is 0 Å². The number of hydrogen-bond donors (Lipinski definition) is 0. The summed E-state index contributed by atoms with van der Waals surface area (Å²) in [5, 5.41) is 1.25. The van der Waals surface area contributed by atoms with Crippen molar-refractivity contribution in [2.75, 3.05) is 0 Å². The first-order valence-electron chi connectivity index (χ1n) is 3.32. The van der Waals surface area contributed by atoms with Gasteiger partial charge in [0.1, 0.15) is 0 Å². The van der Waals surface area contributed by atoms with Crippen LogP contribution in [0.1, 0.15) is 10.4 Å². The maximum absolute atomic E-state index is 10.4. The first-order valence-corrected chi connectivity index (χ1v) is 5.83. The maximum atomic E-state index is 10.4. The fraction of sp³-hybridized carbons (Fsp3) is 0. The second kappa shape index (κ2) is 2.81. The summed E-state index contributed by atoms with van der Waals surface area (Å²) in [6.07, 6.45) is 0.896. The predicted octanol–water partition coefficient (Wildman–Crippen LogP) is 1.71. The molecule has 2 aromatic rings. The van der Waals surface area contributed by atoms with Crippen molar-refractivity contribution in [3.05, 3.63) is 33.9 Å². The van der Waals surface area contributed by atoms with Crippen LogP contribution in [0.4, 0.5) is 0 Å². The fourth-order valence-corrected chi connectivity index (χ4v) is 3.26. The normalized spacial score (nSPS) is 10.2. The van der Waals surface area contributed by atoms with Crippen molar-refractivity contribution in [1.82, 2.24) is 0 Å². The number of carbonyl (C=O) groups excluding carboxylic acids is 1. The monoisotopic (exact) mass is 260 g/mol. The Bertz CT molecular complexity index is 389. The van der Waals surface area contributed by atoms with Crippen LogP contribution in [0.15, 0.2) is 28.3 Å². The van der Waals surface area contributed by atoms with E-state index in [1.165, 1.54) is 8.79 Å². The molecule has 0 atom stereocenters. The standard InChI is InChI=1S/C9H6OTe/c10-6-7-1-2-9-8(5-7)3-4-11-9/h1-6H. The average Bonchev–Trinajstić information content (AvgIpc) is 2.50. The molecule has 1 nitrogen and oxygen atoms in total. The molecule has 0 fully saturated rings. The van der Waals surface area contributed by atoms with E-state index in [4.69, 9.17) is 0 Å². The van der Waals surface area contributed by atoms with Crippen molar-refractivity contribution in [1.29, 1.82) is 0 Å².